The fourth-order valence-corrected chi connectivity index (χ4v) is 4.41. The lowest BCUT2D eigenvalue weighted by molar-refractivity contribution is -0.134. The summed E-state index contributed by atoms with van der Waals surface area (Å²) in [4.78, 5) is 38.9. The number of nitrogens with two attached hydrogens (primary N) is 1. The van der Waals surface area contributed by atoms with Gasteiger partial charge in [-0.1, -0.05) is 30.3 Å². The third-order valence-electron chi connectivity index (χ3n) is 6.48. The third kappa shape index (κ3) is 4.83. The quantitative estimate of drug-likeness (QED) is 0.679. The van der Waals surface area contributed by atoms with Crippen LogP contribution < -0.4 is 11.1 Å². The monoisotopic (exact) mass is 435 g/mol. The van der Waals surface area contributed by atoms with Crippen LogP contribution in [-0.2, 0) is 27.2 Å². The maximum atomic E-state index is 12.9. The first-order valence-electron chi connectivity index (χ1n) is 11.1. The van der Waals surface area contributed by atoms with Crippen LogP contribution in [0.25, 0.3) is 0 Å². The van der Waals surface area contributed by atoms with Crippen molar-refractivity contribution in [1.29, 1.82) is 0 Å². The Morgan fingerprint density at radius 1 is 1.12 bits per heavy atom. The first kappa shape index (κ1) is 22.0. The van der Waals surface area contributed by atoms with E-state index in [0.29, 0.717) is 17.7 Å². The summed E-state index contributed by atoms with van der Waals surface area (Å²) in [6.45, 7) is 4.35. The topological polar surface area (TPSA) is 102 Å². The highest BCUT2D eigenvalue weighted by atomic mass is 16.6. The SMILES string of the molecule is CC1(C(=O)Nc2ccc(CCN3CCC(C(N)=O)CC3)cc2)Cc2ccccc2C(=O)O1. The van der Waals surface area contributed by atoms with Gasteiger partial charge in [-0.3, -0.25) is 9.59 Å². The Bertz CT molecular complexity index is 1010. The summed E-state index contributed by atoms with van der Waals surface area (Å²) < 4.78 is 5.50. The first-order valence-corrected chi connectivity index (χ1v) is 11.1. The molecule has 1 unspecified atom stereocenters. The number of carbonyl (C=O) groups is 3. The van der Waals surface area contributed by atoms with E-state index < -0.39 is 11.6 Å². The summed E-state index contributed by atoms with van der Waals surface area (Å²) in [5.74, 6) is -0.999. The van der Waals surface area contributed by atoms with Crippen LogP contribution in [0.2, 0.25) is 0 Å². The van der Waals surface area contributed by atoms with Crippen LogP contribution in [0.15, 0.2) is 48.5 Å². The van der Waals surface area contributed by atoms with Crippen molar-refractivity contribution in [2.45, 2.75) is 38.2 Å². The number of primary amides is 1. The maximum absolute atomic E-state index is 12.9. The number of nitrogens with zero attached hydrogens (tertiary/aromatic N) is 1. The van der Waals surface area contributed by atoms with E-state index in [0.717, 1.165) is 44.5 Å². The second-order valence-electron chi connectivity index (χ2n) is 8.87. The highest BCUT2D eigenvalue weighted by Gasteiger charge is 2.42. The molecular formula is C25H29N3O4. The molecule has 0 saturated carbocycles. The van der Waals surface area contributed by atoms with E-state index in [9.17, 15) is 14.4 Å². The lowest BCUT2D eigenvalue weighted by atomic mass is 9.89. The van der Waals surface area contributed by atoms with E-state index in [2.05, 4.69) is 10.2 Å². The van der Waals surface area contributed by atoms with Crippen LogP contribution in [0.3, 0.4) is 0 Å². The number of nitrogens with one attached hydrogen (secondary N) is 1. The smallest absolute Gasteiger partial charge is 0.339 e. The average molecular weight is 436 g/mol. The lowest BCUT2D eigenvalue weighted by Crippen LogP contribution is -2.48. The van der Waals surface area contributed by atoms with E-state index in [1.54, 1.807) is 19.1 Å². The van der Waals surface area contributed by atoms with Crippen LogP contribution >= 0.6 is 0 Å². The lowest BCUT2D eigenvalue weighted by Gasteiger charge is -2.33. The number of rotatable bonds is 6. The van der Waals surface area contributed by atoms with Gasteiger partial charge in [-0.15, -0.1) is 0 Å². The molecule has 0 radical (unpaired) electrons. The summed E-state index contributed by atoms with van der Waals surface area (Å²) in [6, 6.07) is 14.9. The summed E-state index contributed by atoms with van der Waals surface area (Å²) in [6.07, 6.45) is 2.88. The van der Waals surface area contributed by atoms with Crippen molar-refractivity contribution in [3.05, 3.63) is 65.2 Å². The minimum absolute atomic E-state index is 0.00733. The molecule has 2 aliphatic rings. The molecule has 1 saturated heterocycles. The van der Waals surface area contributed by atoms with Gasteiger partial charge in [-0.05, 0) is 68.6 Å². The molecule has 1 fully saturated rings. The summed E-state index contributed by atoms with van der Waals surface area (Å²) in [5, 5.41) is 2.88. The number of likely N-dealkylation sites (tertiary alicyclic amines) is 1. The molecular weight excluding hydrogens is 406 g/mol. The van der Waals surface area contributed by atoms with Gasteiger partial charge in [0.25, 0.3) is 5.91 Å². The van der Waals surface area contributed by atoms with Crippen LogP contribution in [0.4, 0.5) is 5.69 Å². The molecule has 4 rings (SSSR count). The fraction of sp³-hybridized carbons (Fsp3) is 0.400. The zero-order valence-electron chi connectivity index (χ0n) is 18.3. The number of hydrogen-bond donors (Lipinski definition) is 2. The van der Waals surface area contributed by atoms with Gasteiger partial charge in [0.1, 0.15) is 0 Å². The molecule has 0 spiro atoms. The molecule has 2 heterocycles. The van der Waals surface area contributed by atoms with E-state index in [1.807, 2.05) is 36.4 Å². The number of amides is 2. The molecule has 2 aromatic carbocycles. The van der Waals surface area contributed by atoms with Crippen LogP contribution in [0.1, 0.15) is 41.3 Å². The van der Waals surface area contributed by atoms with Gasteiger partial charge in [-0.25, -0.2) is 4.79 Å². The van der Waals surface area contributed by atoms with Crippen LogP contribution in [0.5, 0.6) is 0 Å². The van der Waals surface area contributed by atoms with Crippen molar-refractivity contribution in [3.8, 4) is 0 Å². The Kier molecular flexibility index (Phi) is 6.28. The Hall–Kier alpha value is -3.19. The molecule has 7 heteroatoms. The first-order chi connectivity index (χ1) is 15.3. The number of carbonyl (C=O) groups excluding carboxylic acids is 3. The number of cyclic esters (lactones) is 1. The molecule has 0 aromatic heterocycles. The van der Waals surface area contributed by atoms with E-state index in [1.165, 1.54) is 5.56 Å². The van der Waals surface area contributed by atoms with E-state index >= 15 is 0 Å². The van der Waals surface area contributed by atoms with Gasteiger partial charge in [0, 0.05) is 24.6 Å². The number of esters is 1. The van der Waals surface area contributed by atoms with Crippen LogP contribution in [-0.4, -0.2) is 47.9 Å². The maximum Gasteiger partial charge on any atom is 0.339 e. The van der Waals surface area contributed by atoms with Crippen molar-refractivity contribution in [2.75, 3.05) is 25.0 Å². The van der Waals surface area contributed by atoms with Gasteiger partial charge in [-0.2, -0.15) is 0 Å². The van der Waals surface area contributed by atoms with Gasteiger partial charge in [0.2, 0.25) is 5.91 Å². The number of fused-ring (bicyclic) bond motifs is 1. The molecule has 2 amide bonds. The number of hydrogen-bond acceptors (Lipinski definition) is 5. The molecule has 2 aliphatic heterocycles. The van der Waals surface area contributed by atoms with Crippen molar-refractivity contribution >= 4 is 23.5 Å². The second-order valence-corrected chi connectivity index (χ2v) is 8.87. The fourth-order valence-electron chi connectivity index (χ4n) is 4.41. The molecule has 0 aliphatic carbocycles. The number of piperidine rings is 1. The van der Waals surface area contributed by atoms with Crippen LogP contribution in [0, 0.1) is 5.92 Å². The molecule has 2 aromatic rings. The van der Waals surface area contributed by atoms with Gasteiger partial charge >= 0.3 is 5.97 Å². The molecule has 0 bridgehead atoms. The molecule has 7 nitrogen and oxygen atoms in total. The number of ether oxygens (including phenoxy) is 1. The second kappa shape index (κ2) is 9.12. The zero-order valence-corrected chi connectivity index (χ0v) is 18.3. The Labute approximate surface area is 187 Å². The average Bonchev–Trinajstić information content (AvgIpc) is 2.79. The summed E-state index contributed by atoms with van der Waals surface area (Å²) in [7, 11) is 0. The van der Waals surface area contributed by atoms with Crippen molar-refractivity contribution in [3.63, 3.8) is 0 Å². The molecule has 1 atom stereocenters. The number of anilines is 1. The largest absolute Gasteiger partial charge is 0.445 e. The van der Waals surface area contributed by atoms with Gasteiger partial charge in [0.05, 0.1) is 5.56 Å². The summed E-state index contributed by atoms with van der Waals surface area (Å²) >= 11 is 0. The van der Waals surface area contributed by atoms with Gasteiger partial charge < -0.3 is 20.7 Å². The third-order valence-corrected chi connectivity index (χ3v) is 6.48. The highest BCUT2D eigenvalue weighted by molar-refractivity contribution is 6.02. The van der Waals surface area contributed by atoms with Crippen molar-refractivity contribution < 1.29 is 19.1 Å². The predicted octanol–water partition coefficient (Wildman–Crippen LogP) is 2.54. The van der Waals surface area contributed by atoms with Gasteiger partial charge in [0.15, 0.2) is 5.60 Å². The minimum Gasteiger partial charge on any atom is -0.445 e. The minimum atomic E-state index is -1.25. The summed E-state index contributed by atoms with van der Waals surface area (Å²) in [5.41, 5.74) is 7.31. The zero-order chi connectivity index (χ0) is 22.7. The number of benzene rings is 2. The van der Waals surface area contributed by atoms with E-state index in [-0.39, 0.29) is 17.7 Å². The molecule has 32 heavy (non-hydrogen) atoms. The van der Waals surface area contributed by atoms with E-state index in [4.69, 9.17) is 10.5 Å². The Morgan fingerprint density at radius 3 is 2.50 bits per heavy atom. The Balaban J connectivity index is 1.31. The van der Waals surface area contributed by atoms with Crippen molar-refractivity contribution in [1.82, 2.24) is 4.90 Å². The van der Waals surface area contributed by atoms with Crippen molar-refractivity contribution in [2.24, 2.45) is 11.7 Å². The predicted molar refractivity (Wildman–Crippen MR) is 121 cm³/mol. The molecule has 168 valence electrons. The standard InChI is InChI=1S/C25H29N3O4/c1-25(16-19-4-2-3-5-21(19)23(30)32-25)24(31)27-20-8-6-17(7-9-20)10-13-28-14-11-18(12-15-28)22(26)29/h2-9,18H,10-16H2,1H3,(H2,26,29)(H,27,31). The normalized spacial score (nSPS) is 21.5. The Morgan fingerprint density at radius 2 is 1.81 bits per heavy atom. The molecule has 3 N–H and O–H groups in total. The highest BCUT2D eigenvalue weighted by Crippen LogP contribution is 2.29.